The molecule has 49 heavy (non-hydrogen) atoms. The van der Waals surface area contributed by atoms with E-state index in [1.165, 1.54) is 65.1 Å². The molecule has 16 heteroatoms. The van der Waals surface area contributed by atoms with E-state index in [0.717, 1.165) is 4.90 Å². The topological polar surface area (TPSA) is 115 Å². The number of rotatable bonds is 11. The average molecular weight is 690 g/mol. The van der Waals surface area contributed by atoms with Crippen LogP contribution in [0.4, 0.5) is 26.3 Å². The number of carbonyl (C=O) groups excluding carboxylic acids is 2. The third-order valence-corrected chi connectivity index (χ3v) is 7.23. The van der Waals surface area contributed by atoms with Crippen LogP contribution in [0.15, 0.2) is 78.2 Å². The molecule has 0 aliphatic carbocycles. The van der Waals surface area contributed by atoms with Crippen LogP contribution in [0.2, 0.25) is 0 Å². The highest BCUT2D eigenvalue weighted by Gasteiger charge is 2.39. The molecule has 4 aromatic rings. The number of hydrogen-bond donors (Lipinski definition) is 1. The number of nitrogens with zero attached hydrogens (tertiary/aromatic N) is 4. The minimum atomic E-state index is -5.20. The standard InChI is InChI=1S/C33H29F6N5O5/c1-19(28-29(41-12-11-40-28)30(45)43-42-17-20-5-8-25(47-2)9-6-20)44(18-21-7-10-26(48-3)16-27(21)49-4)31(46)22-13-23(32(34,35)36)15-24(14-22)33(37,38)39/h5-17,19H,18H2,1-4H3,(H,43,45)/b42-17+. The van der Waals surface area contributed by atoms with Gasteiger partial charge in [0.25, 0.3) is 11.8 Å². The van der Waals surface area contributed by atoms with E-state index in [0.29, 0.717) is 34.8 Å². The lowest BCUT2D eigenvalue weighted by atomic mass is 10.0. The Bertz CT molecular complexity index is 1800. The zero-order valence-corrected chi connectivity index (χ0v) is 26.4. The number of hydrazone groups is 1. The van der Waals surface area contributed by atoms with E-state index in [1.54, 1.807) is 24.3 Å². The molecular formula is C33H29F6N5O5. The highest BCUT2D eigenvalue weighted by atomic mass is 19.4. The molecule has 1 atom stereocenters. The lowest BCUT2D eigenvalue weighted by molar-refractivity contribution is -0.143. The first kappa shape index (κ1) is 36.2. The van der Waals surface area contributed by atoms with Crippen LogP contribution in [-0.2, 0) is 18.9 Å². The van der Waals surface area contributed by atoms with Crippen molar-refractivity contribution in [3.8, 4) is 17.2 Å². The first-order valence-corrected chi connectivity index (χ1v) is 14.3. The van der Waals surface area contributed by atoms with E-state index in [9.17, 15) is 35.9 Å². The number of ether oxygens (including phenoxy) is 3. The van der Waals surface area contributed by atoms with Gasteiger partial charge in [-0.05, 0) is 67.1 Å². The maximum Gasteiger partial charge on any atom is 0.416 e. The lowest BCUT2D eigenvalue weighted by Gasteiger charge is -2.31. The second-order valence-electron chi connectivity index (χ2n) is 10.3. The third-order valence-electron chi connectivity index (χ3n) is 7.23. The maximum atomic E-state index is 14.0. The van der Waals surface area contributed by atoms with Crippen LogP contribution in [0.5, 0.6) is 17.2 Å². The Hall–Kier alpha value is -5.67. The predicted molar refractivity (Wildman–Crippen MR) is 164 cm³/mol. The highest BCUT2D eigenvalue weighted by molar-refractivity contribution is 5.96. The number of amides is 2. The van der Waals surface area contributed by atoms with Gasteiger partial charge in [-0.15, -0.1) is 0 Å². The summed E-state index contributed by atoms with van der Waals surface area (Å²) in [5.41, 5.74) is -1.44. The molecule has 0 spiro atoms. The summed E-state index contributed by atoms with van der Waals surface area (Å²) in [6.45, 7) is 0.992. The smallest absolute Gasteiger partial charge is 0.416 e. The van der Waals surface area contributed by atoms with Crippen LogP contribution in [0.3, 0.4) is 0 Å². The molecule has 10 nitrogen and oxygen atoms in total. The molecule has 1 heterocycles. The van der Waals surface area contributed by atoms with Gasteiger partial charge in [0.05, 0.1) is 57.0 Å². The van der Waals surface area contributed by atoms with E-state index < -0.39 is 53.4 Å². The predicted octanol–water partition coefficient (Wildman–Crippen LogP) is 6.71. The van der Waals surface area contributed by atoms with Gasteiger partial charge in [0.1, 0.15) is 17.2 Å². The van der Waals surface area contributed by atoms with E-state index in [1.807, 2.05) is 0 Å². The fraction of sp³-hybridized carbons (Fsp3) is 0.242. The number of carbonyl (C=O) groups is 2. The molecule has 4 rings (SSSR count). The Kier molecular flexibility index (Phi) is 11.1. The van der Waals surface area contributed by atoms with Gasteiger partial charge >= 0.3 is 12.4 Å². The van der Waals surface area contributed by atoms with Crippen molar-refractivity contribution in [2.24, 2.45) is 5.10 Å². The zero-order chi connectivity index (χ0) is 35.9. The minimum Gasteiger partial charge on any atom is -0.497 e. The summed E-state index contributed by atoms with van der Waals surface area (Å²) < 4.78 is 98.1. The van der Waals surface area contributed by atoms with Crippen LogP contribution >= 0.6 is 0 Å². The molecule has 0 saturated carbocycles. The van der Waals surface area contributed by atoms with Crippen molar-refractivity contribution in [3.05, 3.63) is 112 Å². The Morgan fingerprint density at radius 2 is 1.43 bits per heavy atom. The van der Waals surface area contributed by atoms with Crippen LogP contribution < -0.4 is 19.6 Å². The van der Waals surface area contributed by atoms with Crippen LogP contribution in [0.1, 0.15) is 61.8 Å². The second kappa shape index (κ2) is 15.0. The third kappa shape index (κ3) is 8.82. The average Bonchev–Trinajstić information content (AvgIpc) is 3.09. The monoisotopic (exact) mass is 689 g/mol. The van der Waals surface area contributed by atoms with E-state index in [2.05, 4.69) is 20.5 Å². The van der Waals surface area contributed by atoms with Crippen LogP contribution in [0.25, 0.3) is 0 Å². The van der Waals surface area contributed by atoms with E-state index >= 15 is 0 Å². The molecule has 1 aromatic heterocycles. The molecule has 0 saturated heterocycles. The Morgan fingerprint density at radius 1 is 0.837 bits per heavy atom. The first-order valence-electron chi connectivity index (χ1n) is 14.3. The van der Waals surface area contributed by atoms with Crippen molar-refractivity contribution < 1.29 is 50.1 Å². The number of halogens is 6. The van der Waals surface area contributed by atoms with E-state index in [-0.39, 0.29) is 23.2 Å². The van der Waals surface area contributed by atoms with Crippen molar-refractivity contribution in [2.75, 3.05) is 21.3 Å². The van der Waals surface area contributed by atoms with Gasteiger partial charge in [-0.25, -0.2) is 10.4 Å². The quantitative estimate of drug-likeness (QED) is 0.106. The summed E-state index contributed by atoms with van der Waals surface area (Å²) in [6.07, 6.45) is -6.65. The van der Waals surface area contributed by atoms with Gasteiger partial charge in [-0.2, -0.15) is 31.4 Å². The molecule has 1 unspecified atom stereocenters. The number of hydrogen-bond acceptors (Lipinski definition) is 8. The molecule has 0 aliphatic heterocycles. The van der Waals surface area contributed by atoms with Gasteiger partial charge in [-0.3, -0.25) is 14.6 Å². The Morgan fingerprint density at radius 3 is 2.00 bits per heavy atom. The van der Waals surface area contributed by atoms with Gasteiger partial charge in [0, 0.05) is 29.6 Å². The number of benzene rings is 3. The number of aromatic nitrogens is 2. The summed E-state index contributed by atoms with van der Waals surface area (Å²) in [7, 11) is 4.23. The minimum absolute atomic E-state index is 0.0748. The first-order chi connectivity index (χ1) is 23.2. The van der Waals surface area contributed by atoms with Gasteiger partial charge in [0.15, 0.2) is 5.69 Å². The van der Waals surface area contributed by atoms with Crippen molar-refractivity contribution in [1.29, 1.82) is 0 Å². The molecule has 0 aliphatic rings. The fourth-order valence-corrected chi connectivity index (χ4v) is 4.68. The highest BCUT2D eigenvalue weighted by Crippen LogP contribution is 2.38. The van der Waals surface area contributed by atoms with Crippen molar-refractivity contribution in [1.82, 2.24) is 20.3 Å². The van der Waals surface area contributed by atoms with E-state index in [4.69, 9.17) is 14.2 Å². The van der Waals surface area contributed by atoms with Gasteiger partial charge < -0.3 is 19.1 Å². The summed E-state index contributed by atoms with van der Waals surface area (Å²) in [4.78, 5) is 36.5. The maximum absolute atomic E-state index is 14.0. The summed E-state index contributed by atoms with van der Waals surface area (Å²) in [6, 6.07) is 10.6. The molecule has 258 valence electrons. The Balaban J connectivity index is 1.77. The summed E-state index contributed by atoms with van der Waals surface area (Å²) in [5, 5.41) is 3.92. The summed E-state index contributed by atoms with van der Waals surface area (Å²) in [5.74, 6) is -0.897. The van der Waals surface area contributed by atoms with Gasteiger partial charge in [-0.1, -0.05) is 0 Å². The van der Waals surface area contributed by atoms with Crippen LogP contribution in [0, 0.1) is 0 Å². The second-order valence-corrected chi connectivity index (χ2v) is 10.3. The fourth-order valence-electron chi connectivity index (χ4n) is 4.68. The normalized spacial score (nSPS) is 12.4. The number of methoxy groups -OCH3 is 3. The van der Waals surface area contributed by atoms with Gasteiger partial charge in [0.2, 0.25) is 0 Å². The SMILES string of the molecule is COc1ccc(/C=N/NC(=O)c2nccnc2C(C)N(Cc2ccc(OC)cc2OC)C(=O)c2cc(C(F)(F)F)cc(C(F)(F)F)c2)cc1. The Labute approximate surface area is 276 Å². The zero-order valence-electron chi connectivity index (χ0n) is 26.4. The molecule has 0 fully saturated rings. The number of alkyl halides is 6. The van der Waals surface area contributed by atoms with Crippen molar-refractivity contribution in [3.63, 3.8) is 0 Å². The molecule has 3 aromatic carbocycles. The van der Waals surface area contributed by atoms with Crippen molar-refractivity contribution >= 4 is 18.0 Å². The van der Waals surface area contributed by atoms with Crippen LogP contribution in [-0.4, -0.2) is 54.2 Å². The molecule has 2 amide bonds. The molecule has 1 N–H and O–H groups in total. The summed E-state index contributed by atoms with van der Waals surface area (Å²) >= 11 is 0. The van der Waals surface area contributed by atoms with Crippen molar-refractivity contribution in [2.45, 2.75) is 31.9 Å². The molecule has 0 bridgehead atoms. The molecular weight excluding hydrogens is 660 g/mol. The number of nitrogens with one attached hydrogen (secondary N) is 1. The lowest BCUT2D eigenvalue weighted by Crippen LogP contribution is -2.36. The molecule has 0 radical (unpaired) electrons. The largest absolute Gasteiger partial charge is 0.497 e.